The smallest absolute Gasteiger partial charge is 0.0167 e. The molecule has 3 aliphatic carbocycles. The second-order valence-corrected chi connectivity index (χ2v) is 7.34. The Morgan fingerprint density at radius 1 is 1.06 bits per heavy atom. The molecule has 2 heteroatoms. The topological polar surface area (TPSA) is 15.3 Å². The van der Waals surface area contributed by atoms with Crippen molar-refractivity contribution < 1.29 is 0 Å². The predicted molar refractivity (Wildman–Crippen MR) is 74.5 cm³/mol. The number of nitrogens with one attached hydrogen (secondary N) is 1. The van der Waals surface area contributed by atoms with E-state index in [1.807, 2.05) is 0 Å². The van der Waals surface area contributed by atoms with Crippen LogP contribution in [0.3, 0.4) is 0 Å². The third kappa shape index (κ3) is 1.61. The van der Waals surface area contributed by atoms with E-state index < -0.39 is 0 Å². The van der Waals surface area contributed by atoms with Gasteiger partial charge in [-0.15, -0.1) is 0 Å². The van der Waals surface area contributed by atoms with E-state index in [1.54, 1.807) is 19.3 Å². The van der Waals surface area contributed by atoms with Gasteiger partial charge in [0.1, 0.15) is 0 Å². The van der Waals surface area contributed by atoms with Gasteiger partial charge in [0.15, 0.2) is 0 Å². The largest absolute Gasteiger partial charge is 0.314 e. The molecule has 3 saturated carbocycles. The maximum Gasteiger partial charge on any atom is 0.0167 e. The SMILES string of the molecule is CCNC1CCN(C2C3C4CCC(C4)C32)C(C)C1. The number of hydrogen-bond donors (Lipinski definition) is 1. The summed E-state index contributed by atoms with van der Waals surface area (Å²) in [5, 5.41) is 3.65. The molecule has 6 unspecified atom stereocenters. The zero-order chi connectivity index (χ0) is 12.3. The molecule has 102 valence electrons. The van der Waals surface area contributed by atoms with E-state index in [1.165, 1.54) is 19.4 Å². The molecule has 0 spiro atoms. The minimum absolute atomic E-state index is 0.788. The van der Waals surface area contributed by atoms with Crippen molar-refractivity contribution in [2.45, 2.75) is 64.1 Å². The minimum atomic E-state index is 0.788. The third-order valence-electron chi connectivity index (χ3n) is 6.50. The number of rotatable bonds is 3. The van der Waals surface area contributed by atoms with Crippen molar-refractivity contribution in [1.82, 2.24) is 10.2 Å². The van der Waals surface area contributed by atoms with Gasteiger partial charge in [0.2, 0.25) is 0 Å². The number of fused-ring (bicyclic) bond motifs is 5. The molecule has 4 aliphatic rings. The molecule has 1 saturated heterocycles. The van der Waals surface area contributed by atoms with Crippen LogP contribution in [-0.2, 0) is 0 Å². The Balaban J connectivity index is 1.40. The normalized spacial score (nSPS) is 54.7. The first kappa shape index (κ1) is 11.7. The van der Waals surface area contributed by atoms with E-state index >= 15 is 0 Å². The first-order valence-electron chi connectivity index (χ1n) is 8.28. The average Bonchev–Trinajstić information content (AvgIpc) is 2.78. The second-order valence-electron chi connectivity index (χ2n) is 7.34. The van der Waals surface area contributed by atoms with Crippen LogP contribution >= 0.6 is 0 Å². The minimum Gasteiger partial charge on any atom is -0.314 e. The predicted octanol–water partition coefficient (Wildman–Crippen LogP) is 2.49. The van der Waals surface area contributed by atoms with E-state index in [-0.39, 0.29) is 0 Å². The van der Waals surface area contributed by atoms with E-state index in [0.29, 0.717) is 0 Å². The fourth-order valence-corrected chi connectivity index (χ4v) is 5.83. The van der Waals surface area contributed by atoms with Crippen molar-refractivity contribution in [1.29, 1.82) is 0 Å². The first-order valence-corrected chi connectivity index (χ1v) is 8.28. The van der Waals surface area contributed by atoms with Crippen molar-refractivity contribution >= 4 is 0 Å². The van der Waals surface area contributed by atoms with Crippen molar-refractivity contribution in [3.05, 3.63) is 0 Å². The van der Waals surface area contributed by atoms with Crippen LogP contribution in [0, 0.1) is 23.7 Å². The summed E-state index contributed by atoms with van der Waals surface area (Å²) >= 11 is 0. The highest BCUT2D eigenvalue weighted by molar-refractivity contribution is 5.18. The summed E-state index contributed by atoms with van der Waals surface area (Å²) in [7, 11) is 0. The molecule has 1 aliphatic heterocycles. The van der Waals surface area contributed by atoms with Crippen LogP contribution in [0.25, 0.3) is 0 Å². The van der Waals surface area contributed by atoms with Crippen molar-refractivity contribution in [2.75, 3.05) is 13.1 Å². The van der Waals surface area contributed by atoms with Crippen LogP contribution in [-0.4, -0.2) is 36.1 Å². The van der Waals surface area contributed by atoms with E-state index in [2.05, 4.69) is 24.1 Å². The van der Waals surface area contributed by atoms with Crippen LogP contribution in [0.4, 0.5) is 0 Å². The number of hydrogen-bond acceptors (Lipinski definition) is 2. The monoisotopic (exact) mass is 248 g/mol. The van der Waals surface area contributed by atoms with Gasteiger partial charge in [0.05, 0.1) is 0 Å². The highest BCUT2D eigenvalue weighted by Gasteiger charge is 2.67. The molecular formula is C16H28N2. The van der Waals surface area contributed by atoms with Crippen LogP contribution in [0.1, 0.15) is 46.0 Å². The zero-order valence-electron chi connectivity index (χ0n) is 11.9. The van der Waals surface area contributed by atoms with Crippen LogP contribution in [0.5, 0.6) is 0 Å². The maximum absolute atomic E-state index is 3.65. The van der Waals surface area contributed by atoms with Gasteiger partial charge in [-0.05, 0) is 69.2 Å². The fraction of sp³-hybridized carbons (Fsp3) is 1.00. The van der Waals surface area contributed by atoms with Crippen LogP contribution in [0.15, 0.2) is 0 Å². The second kappa shape index (κ2) is 4.21. The lowest BCUT2D eigenvalue weighted by molar-refractivity contribution is 0.108. The van der Waals surface area contributed by atoms with E-state index in [9.17, 15) is 0 Å². The lowest BCUT2D eigenvalue weighted by Gasteiger charge is -2.39. The standard InChI is InChI=1S/C16H28N2/c1-3-17-13-6-7-18(10(2)8-13)16-14-11-4-5-12(9-11)15(14)16/h10-17H,3-9H2,1-2H3. The molecule has 0 aromatic rings. The molecule has 1 heterocycles. The van der Waals surface area contributed by atoms with Crippen molar-refractivity contribution in [2.24, 2.45) is 23.7 Å². The van der Waals surface area contributed by atoms with E-state index in [4.69, 9.17) is 0 Å². The van der Waals surface area contributed by atoms with Gasteiger partial charge in [-0.3, -0.25) is 4.90 Å². The lowest BCUT2D eigenvalue weighted by Crippen LogP contribution is -2.49. The molecule has 1 N–H and O–H groups in total. The van der Waals surface area contributed by atoms with Crippen molar-refractivity contribution in [3.63, 3.8) is 0 Å². The van der Waals surface area contributed by atoms with E-state index in [0.717, 1.165) is 48.3 Å². The third-order valence-corrected chi connectivity index (χ3v) is 6.50. The Morgan fingerprint density at radius 3 is 2.39 bits per heavy atom. The molecule has 2 nitrogen and oxygen atoms in total. The Labute approximate surface area is 111 Å². The zero-order valence-corrected chi connectivity index (χ0v) is 11.9. The van der Waals surface area contributed by atoms with Gasteiger partial charge in [-0.2, -0.15) is 0 Å². The van der Waals surface area contributed by atoms with Crippen LogP contribution < -0.4 is 5.32 Å². The Morgan fingerprint density at radius 2 is 1.78 bits per heavy atom. The molecule has 0 aromatic carbocycles. The van der Waals surface area contributed by atoms with Crippen LogP contribution in [0.2, 0.25) is 0 Å². The van der Waals surface area contributed by atoms with Gasteiger partial charge in [0.25, 0.3) is 0 Å². The van der Waals surface area contributed by atoms with Crippen molar-refractivity contribution in [3.8, 4) is 0 Å². The molecule has 18 heavy (non-hydrogen) atoms. The summed E-state index contributed by atoms with van der Waals surface area (Å²) in [4.78, 5) is 2.90. The molecule has 4 fully saturated rings. The Bertz CT molecular complexity index is 313. The summed E-state index contributed by atoms with van der Waals surface area (Å²) in [5.41, 5.74) is 0. The molecule has 0 aromatic heterocycles. The lowest BCUT2D eigenvalue weighted by atomic mass is 9.96. The van der Waals surface area contributed by atoms with Gasteiger partial charge < -0.3 is 5.32 Å². The first-order chi connectivity index (χ1) is 8.79. The molecule has 0 radical (unpaired) electrons. The average molecular weight is 248 g/mol. The van der Waals surface area contributed by atoms with Gasteiger partial charge in [-0.1, -0.05) is 6.92 Å². The highest BCUT2D eigenvalue weighted by atomic mass is 15.2. The van der Waals surface area contributed by atoms with Gasteiger partial charge in [0, 0.05) is 24.7 Å². The number of nitrogens with zero attached hydrogens (tertiary/aromatic N) is 1. The maximum atomic E-state index is 3.65. The number of piperidine rings is 1. The summed E-state index contributed by atoms with van der Waals surface area (Å²) in [6, 6.07) is 2.61. The van der Waals surface area contributed by atoms with Gasteiger partial charge >= 0.3 is 0 Å². The highest BCUT2D eigenvalue weighted by Crippen LogP contribution is 2.67. The molecule has 2 bridgehead atoms. The Hall–Kier alpha value is -0.0800. The molecule has 4 rings (SSSR count). The summed E-state index contributed by atoms with van der Waals surface area (Å²) in [5.74, 6) is 4.51. The summed E-state index contributed by atoms with van der Waals surface area (Å²) < 4.78 is 0. The molecule has 0 amide bonds. The summed E-state index contributed by atoms with van der Waals surface area (Å²) in [6.45, 7) is 7.20. The molecular weight excluding hydrogens is 220 g/mol. The summed E-state index contributed by atoms with van der Waals surface area (Å²) in [6.07, 6.45) is 7.46. The fourth-order valence-electron chi connectivity index (χ4n) is 5.83. The number of likely N-dealkylation sites (tertiary alicyclic amines) is 1. The molecule has 6 atom stereocenters. The van der Waals surface area contributed by atoms with Gasteiger partial charge in [-0.25, -0.2) is 0 Å². The Kier molecular flexibility index (Phi) is 2.74. The quantitative estimate of drug-likeness (QED) is 0.825.